The molecule has 1 aliphatic heterocycles. The van der Waals surface area contributed by atoms with E-state index in [9.17, 15) is 23.3 Å². The number of nitrogens with zero attached hydrogens (tertiary/aromatic N) is 6. The summed E-state index contributed by atoms with van der Waals surface area (Å²) in [6.07, 6.45) is 17.3. The van der Waals surface area contributed by atoms with Crippen LogP contribution in [0.4, 0.5) is 11.4 Å². The molecule has 16 heteroatoms. The molecule has 14 nitrogen and oxygen atoms in total. The van der Waals surface area contributed by atoms with Gasteiger partial charge in [-0.2, -0.15) is 5.10 Å². The number of H-pyrrole nitrogens is 1. The summed E-state index contributed by atoms with van der Waals surface area (Å²) >= 11 is 6.28. The lowest BCUT2D eigenvalue weighted by molar-refractivity contribution is -0.383. The summed E-state index contributed by atoms with van der Waals surface area (Å²) in [4.78, 5) is 37.5. The molecular weight excluding hydrogens is 840 g/mol. The van der Waals surface area contributed by atoms with Gasteiger partial charge in [-0.25, -0.2) is 18.1 Å². The summed E-state index contributed by atoms with van der Waals surface area (Å²) in [6.45, 7) is 4.06. The number of nitro benzene ring substituents is 1. The Labute approximate surface area is 370 Å². The van der Waals surface area contributed by atoms with Gasteiger partial charge in [0.05, 0.1) is 27.6 Å². The van der Waals surface area contributed by atoms with Crippen molar-refractivity contribution in [2.75, 3.05) is 37.6 Å². The van der Waals surface area contributed by atoms with Crippen LogP contribution in [0.5, 0.6) is 11.5 Å². The summed E-state index contributed by atoms with van der Waals surface area (Å²) in [7, 11) is -4.60. The first kappa shape index (κ1) is 41.3. The quantitative estimate of drug-likeness (QED) is 0.0944. The molecule has 3 fully saturated rings. The summed E-state index contributed by atoms with van der Waals surface area (Å²) in [5.41, 5.74) is 5.83. The molecule has 3 aromatic heterocycles. The molecule has 4 aliphatic rings. The van der Waals surface area contributed by atoms with Crippen molar-refractivity contribution < 1.29 is 22.9 Å². The molecule has 4 heterocycles. The van der Waals surface area contributed by atoms with Crippen molar-refractivity contribution >= 4 is 66.4 Å². The van der Waals surface area contributed by atoms with E-state index in [1.54, 1.807) is 41.3 Å². The second kappa shape index (κ2) is 16.7. The van der Waals surface area contributed by atoms with Gasteiger partial charge < -0.3 is 14.6 Å². The number of pyridine rings is 1. The number of non-ortho nitro benzene ring substituents is 1. The minimum atomic E-state index is -4.60. The van der Waals surface area contributed by atoms with Gasteiger partial charge >= 0.3 is 0 Å². The Morgan fingerprint density at radius 2 is 1.75 bits per heavy atom. The first-order chi connectivity index (χ1) is 30.5. The van der Waals surface area contributed by atoms with Crippen molar-refractivity contribution in [2.45, 2.75) is 81.6 Å². The van der Waals surface area contributed by atoms with Crippen molar-refractivity contribution in [1.82, 2.24) is 29.4 Å². The fourth-order valence-electron chi connectivity index (χ4n) is 10.1. The number of hydrogen-bond acceptors (Lipinski definition) is 10. The number of sulfonamides is 1. The summed E-state index contributed by atoms with van der Waals surface area (Å²) in [6, 6.07) is 19.4. The number of nitrogens with one attached hydrogen (secondary N) is 2. The first-order valence-corrected chi connectivity index (χ1v) is 23.8. The van der Waals surface area contributed by atoms with Crippen LogP contribution in [0.2, 0.25) is 5.02 Å². The zero-order valence-electron chi connectivity index (χ0n) is 34.9. The molecule has 2 N–H and O–H groups in total. The highest BCUT2D eigenvalue weighted by Gasteiger charge is 2.41. The molecule has 63 heavy (non-hydrogen) atoms. The Bertz CT molecular complexity index is 2870. The van der Waals surface area contributed by atoms with Gasteiger partial charge in [0, 0.05) is 78.7 Å². The molecule has 10 rings (SSSR count). The molecule has 0 radical (unpaired) electrons. The van der Waals surface area contributed by atoms with E-state index in [4.69, 9.17) is 16.3 Å². The van der Waals surface area contributed by atoms with Gasteiger partial charge in [0.2, 0.25) is 0 Å². The Morgan fingerprint density at radius 1 is 0.952 bits per heavy atom. The smallest absolute Gasteiger partial charge is 0.298 e. The monoisotopic (exact) mass is 888 g/mol. The van der Waals surface area contributed by atoms with Gasteiger partial charge in [-0.1, -0.05) is 55.0 Å². The fraction of sp³-hybridized carbons (Fsp3) is 0.383. The average Bonchev–Trinajstić information content (AvgIpc) is 3.94. The minimum Gasteiger partial charge on any atom is -0.455 e. The van der Waals surface area contributed by atoms with Crippen LogP contribution in [-0.4, -0.2) is 76.6 Å². The van der Waals surface area contributed by atoms with E-state index in [-0.39, 0.29) is 22.9 Å². The Kier molecular flexibility index (Phi) is 11.0. The van der Waals surface area contributed by atoms with Crippen LogP contribution in [0.15, 0.2) is 95.8 Å². The average molecular weight is 889 g/mol. The third-order valence-electron chi connectivity index (χ3n) is 13.8. The Morgan fingerprint density at radius 3 is 2.49 bits per heavy atom. The van der Waals surface area contributed by atoms with E-state index in [1.807, 2.05) is 18.2 Å². The highest BCUT2D eigenvalue weighted by molar-refractivity contribution is 7.90. The van der Waals surface area contributed by atoms with Crippen LogP contribution in [0.25, 0.3) is 27.5 Å². The lowest BCUT2D eigenvalue weighted by Crippen LogP contribution is -2.47. The second-order valence-corrected chi connectivity index (χ2v) is 19.8. The van der Waals surface area contributed by atoms with E-state index in [2.05, 4.69) is 41.7 Å². The van der Waals surface area contributed by atoms with Crippen molar-refractivity contribution in [2.24, 2.45) is 5.41 Å². The van der Waals surface area contributed by atoms with E-state index in [0.29, 0.717) is 22.2 Å². The number of carbonyl (C=O) groups is 1. The van der Waals surface area contributed by atoms with Gasteiger partial charge in [0.1, 0.15) is 17.1 Å². The highest BCUT2D eigenvalue weighted by Crippen LogP contribution is 2.55. The van der Waals surface area contributed by atoms with Crippen LogP contribution >= 0.6 is 11.6 Å². The number of benzene rings is 3. The van der Waals surface area contributed by atoms with Crippen LogP contribution < -0.4 is 14.4 Å². The number of allylic oxidation sites excluding steroid dienone is 1. The number of anilines is 1. The number of nitro groups is 1. The van der Waals surface area contributed by atoms with Gasteiger partial charge in [-0.05, 0) is 104 Å². The predicted molar refractivity (Wildman–Crippen MR) is 243 cm³/mol. The molecule has 3 aromatic carbocycles. The molecule has 1 saturated heterocycles. The van der Waals surface area contributed by atoms with Crippen molar-refractivity contribution in [1.29, 1.82) is 0 Å². The third kappa shape index (κ3) is 8.41. The second-order valence-electron chi connectivity index (χ2n) is 17.7. The summed E-state index contributed by atoms with van der Waals surface area (Å²) in [5, 5.41) is 18.6. The molecule has 0 unspecified atom stereocenters. The van der Waals surface area contributed by atoms with Gasteiger partial charge in [0.25, 0.3) is 21.6 Å². The number of ether oxygens (including phenoxy) is 1. The number of aromatic amines is 1. The Balaban J connectivity index is 0.897. The topological polar surface area (TPSA) is 169 Å². The predicted octanol–water partition coefficient (Wildman–Crippen LogP) is 9.82. The zero-order valence-corrected chi connectivity index (χ0v) is 36.5. The molecule has 1 amide bonds. The third-order valence-corrected chi connectivity index (χ3v) is 15.3. The van der Waals surface area contributed by atoms with Crippen molar-refractivity contribution in [3.8, 4) is 11.5 Å². The lowest BCUT2D eigenvalue weighted by Gasteiger charge is -2.47. The van der Waals surface area contributed by atoms with Crippen LogP contribution in [0.3, 0.4) is 0 Å². The minimum absolute atomic E-state index is 0.0287. The molecular formula is C47H49ClN8O6S. The van der Waals surface area contributed by atoms with E-state index in [1.165, 1.54) is 54.7 Å². The lowest BCUT2D eigenvalue weighted by atomic mass is 9.59. The van der Waals surface area contributed by atoms with Gasteiger partial charge in [-0.3, -0.25) is 24.5 Å². The van der Waals surface area contributed by atoms with E-state index >= 15 is 0 Å². The maximum Gasteiger partial charge on any atom is 0.298 e. The highest BCUT2D eigenvalue weighted by atomic mass is 35.5. The van der Waals surface area contributed by atoms with Gasteiger partial charge in [-0.15, -0.1) is 0 Å². The fourth-order valence-corrected chi connectivity index (χ4v) is 11.2. The maximum absolute atomic E-state index is 14.1. The SMILES string of the molecule is O=C(NS(=O)(=O)c1cc([N+](=O)[O-])c2nn(C3CCCCC3)cc2c1)c1ccc(N2CCN(CC3=C(c4ccc(Cl)cc4)CC4(CCC4)CC3)CC2)cc1Oc1cnc2[nH]ccc2c1. The molecule has 0 atom stereocenters. The van der Waals surface area contributed by atoms with E-state index < -0.39 is 31.4 Å². The number of rotatable bonds is 11. The molecule has 6 aromatic rings. The molecule has 0 bridgehead atoms. The van der Waals surface area contributed by atoms with E-state index in [0.717, 1.165) is 99.8 Å². The van der Waals surface area contributed by atoms with Crippen molar-refractivity contribution in [3.63, 3.8) is 0 Å². The first-order valence-electron chi connectivity index (χ1n) is 21.9. The maximum atomic E-state index is 14.1. The van der Waals surface area contributed by atoms with Crippen molar-refractivity contribution in [3.05, 3.63) is 117 Å². The summed E-state index contributed by atoms with van der Waals surface area (Å²) < 4.78 is 38.1. The molecule has 326 valence electrons. The zero-order chi connectivity index (χ0) is 43.3. The largest absolute Gasteiger partial charge is 0.455 e. The number of hydrogen-bond donors (Lipinski definition) is 2. The number of fused-ring (bicyclic) bond motifs is 2. The molecule has 1 spiro atoms. The standard InChI is InChI=1S/C47H49ClN8O6S/c48-35-9-7-31(8-10-35)41-27-47(15-4-16-47)17-13-33(41)29-53-19-21-54(22-20-53)37-11-12-40(43(25-37)62-38-23-32-14-18-49-45(32)50-28-38)46(57)52-63(60,61)39-24-34-30-55(36-5-2-1-3-6-36)51-44(34)42(26-39)56(58)59/h7-12,14,18,23-26,28,30,36H,1-6,13,15-17,19-22,27,29H2,(H,49,50)(H,52,57). The Hall–Kier alpha value is -5.77. The van der Waals surface area contributed by atoms with Crippen LogP contribution in [-0.2, 0) is 10.0 Å². The summed E-state index contributed by atoms with van der Waals surface area (Å²) in [5.74, 6) is -0.448. The number of aromatic nitrogens is 4. The van der Waals surface area contributed by atoms with Gasteiger partial charge in [0.15, 0.2) is 5.52 Å². The molecule has 2 saturated carbocycles. The normalized spacial score (nSPS) is 18.5. The number of carbonyl (C=O) groups excluding carboxylic acids is 1. The van der Waals surface area contributed by atoms with Crippen LogP contribution in [0, 0.1) is 15.5 Å². The molecule has 3 aliphatic carbocycles. The number of amides is 1. The number of halogens is 1. The number of piperazine rings is 1. The van der Waals surface area contributed by atoms with Crippen LogP contribution in [0.1, 0.15) is 92.6 Å².